The van der Waals surface area contributed by atoms with Crippen LogP contribution in [-0.2, 0) is 0 Å². The molecular weight excluding hydrogens is 352 g/mol. The van der Waals surface area contributed by atoms with Gasteiger partial charge >= 0.3 is 0 Å². The number of nitrogens with zero attached hydrogens (tertiary/aromatic N) is 3. The molecule has 0 aliphatic carbocycles. The van der Waals surface area contributed by atoms with E-state index in [1.807, 2.05) is 6.92 Å². The van der Waals surface area contributed by atoms with Gasteiger partial charge in [-0.25, -0.2) is 0 Å². The summed E-state index contributed by atoms with van der Waals surface area (Å²) in [6, 6.07) is 12.0. The first kappa shape index (κ1) is 18.5. The highest BCUT2D eigenvalue weighted by Gasteiger charge is 2.34. The predicted octanol–water partition coefficient (Wildman–Crippen LogP) is 3.75. The minimum absolute atomic E-state index is 0.00480. The maximum absolute atomic E-state index is 10.9. The molecule has 2 aromatic carbocycles. The van der Waals surface area contributed by atoms with Gasteiger partial charge in [-0.2, -0.15) is 0 Å². The Bertz CT molecular complexity index is 880. The van der Waals surface area contributed by atoms with Crippen molar-refractivity contribution in [1.82, 2.24) is 5.32 Å². The van der Waals surface area contributed by atoms with Crippen molar-refractivity contribution in [2.45, 2.75) is 25.4 Å². The second-order valence-electron chi connectivity index (χ2n) is 6.48. The Morgan fingerprint density at radius 1 is 0.963 bits per heavy atom. The summed E-state index contributed by atoms with van der Waals surface area (Å²) in [7, 11) is 0. The smallest absolute Gasteiger partial charge is 0.269 e. The zero-order valence-corrected chi connectivity index (χ0v) is 14.5. The lowest BCUT2D eigenvalue weighted by Crippen LogP contribution is -2.41. The van der Waals surface area contributed by atoms with Crippen molar-refractivity contribution in [3.8, 4) is 0 Å². The van der Waals surface area contributed by atoms with Gasteiger partial charge in [0.05, 0.1) is 15.6 Å². The van der Waals surface area contributed by atoms with Crippen molar-refractivity contribution in [3.63, 3.8) is 0 Å². The third-order valence-corrected chi connectivity index (χ3v) is 4.92. The lowest BCUT2D eigenvalue weighted by molar-refractivity contribution is -0.385. The monoisotopic (exact) mass is 370 g/mol. The lowest BCUT2D eigenvalue weighted by Gasteiger charge is -2.37. The number of nitrogens with one attached hydrogen (secondary N) is 1. The van der Waals surface area contributed by atoms with Crippen LogP contribution in [-0.4, -0.2) is 20.8 Å². The largest absolute Gasteiger partial charge is 0.411 e. The SMILES string of the molecule is C[C@@H]1/C(=N/O)C[C@@H](c2ccc([N+](=O)[O-])cc2)N[C@@H]1c1ccc([N+](=O)[O-])cc1. The fraction of sp³-hybridized carbons (Fsp3) is 0.278. The number of oxime groups is 1. The second-order valence-corrected chi connectivity index (χ2v) is 6.48. The normalized spacial score (nSPS) is 23.9. The molecule has 0 amide bonds. The van der Waals surface area contributed by atoms with Crippen LogP contribution in [0.4, 0.5) is 11.4 Å². The van der Waals surface area contributed by atoms with Crippen molar-refractivity contribution in [2.24, 2.45) is 11.1 Å². The van der Waals surface area contributed by atoms with Crippen LogP contribution in [0.1, 0.15) is 36.6 Å². The molecular formula is C18H18N4O5. The highest BCUT2D eigenvalue weighted by molar-refractivity contribution is 5.88. The Morgan fingerprint density at radius 2 is 1.44 bits per heavy atom. The number of nitro benzene ring substituents is 2. The minimum atomic E-state index is -0.458. The van der Waals surface area contributed by atoms with Crippen LogP contribution < -0.4 is 5.32 Å². The van der Waals surface area contributed by atoms with Gasteiger partial charge in [0.25, 0.3) is 11.4 Å². The summed E-state index contributed by atoms with van der Waals surface area (Å²) in [6.07, 6.45) is 0.457. The van der Waals surface area contributed by atoms with Crippen LogP contribution in [0.2, 0.25) is 0 Å². The van der Waals surface area contributed by atoms with E-state index in [9.17, 15) is 25.4 Å². The Balaban J connectivity index is 1.89. The number of piperidine rings is 1. The van der Waals surface area contributed by atoms with E-state index in [1.54, 1.807) is 24.3 Å². The molecule has 0 aromatic heterocycles. The molecule has 27 heavy (non-hydrogen) atoms. The summed E-state index contributed by atoms with van der Waals surface area (Å²) in [5.74, 6) is -0.120. The van der Waals surface area contributed by atoms with Crippen LogP contribution in [0.25, 0.3) is 0 Å². The highest BCUT2D eigenvalue weighted by Crippen LogP contribution is 2.36. The first-order valence-corrected chi connectivity index (χ1v) is 8.36. The van der Waals surface area contributed by atoms with Crippen molar-refractivity contribution in [1.29, 1.82) is 0 Å². The van der Waals surface area contributed by atoms with Gasteiger partial charge in [0, 0.05) is 48.7 Å². The van der Waals surface area contributed by atoms with Crippen molar-refractivity contribution in [2.75, 3.05) is 0 Å². The van der Waals surface area contributed by atoms with Gasteiger partial charge in [0.15, 0.2) is 0 Å². The molecule has 3 rings (SSSR count). The number of non-ortho nitro benzene ring substituents is 2. The van der Waals surface area contributed by atoms with E-state index >= 15 is 0 Å². The fourth-order valence-corrected chi connectivity index (χ4v) is 3.37. The maximum atomic E-state index is 10.9. The maximum Gasteiger partial charge on any atom is 0.269 e. The number of benzene rings is 2. The lowest BCUT2D eigenvalue weighted by atomic mass is 9.81. The van der Waals surface area contributed by atoms with Gasteiger partial charge in [-0.05, 0) is 11.1 Å². The molecule has 0 spiro atoms. The molecule has 140 valence electrons. The molecule has 3 atom stereocenters. The van der Waals surface area contributed by atoms with E-state index in [0.29, 0.717) is 12.1 Å². The van der Waals surface area contributed by atoms with E-state index in [4.69, 9.17) is 0 Å². The molecule has 0 bridgehead atoms. The molecule has 1 heterocycles. The topological polar surface area (TPSA) is 131 Å². The quantitative estimate of drug-likeness (QED) is 0.479. The summed E-state index contributed by atoms with van der Waals surface area (Å²) in [5, 5.41) is 38.0. The Morgan fingerprint density at radius 3 is 1.89 bits per heavy atom. The van der Waals surface area contributed by atoms with Crippen LogP contribution in [0, 0.1) is 26.1 Å². The third-order valence-electron chi connectivity index (χ3n) is 4.92. The van der Waals surface area contributed by atoms with Crippen LogP contribution in [0.15, 0.2) is 53.7 Å². The summed E-state index contributed by atoms with van der Waals surface area (Å²) in [5.41, 5.74) is 2.28. The predicted molar refractivity (Wildman–Crippen MR) is 97.8 cm³/mol. The zero-order valence-electron chi connectivity index (χ0n) is 14.5. The summed E-state index contributed by atoms with van der Waals surface area (Å²) in [6.45, 7) is 1.92. The molecule has 1 fully saturated rings. The van der Waals surface area contributed by atoms with Crippen molar-refractivity contribution < 1.29 is 15.1 Å². The Labute approximate surface area is 154 Å². The first-order chi connectivity index (χ1) is 12.9. The first-order valence-electron chi connectivity index (χ1n) is 8.36. The number of hydrogen-bond acceptors (Lipinski definition) is 7. The standard InChI is InChI=1S/C18H18N4O5/c1-11-16(20-23)10-17(12-2-6-14(7-3-12)21(24)25)19-18(11)13-4-8-15(9-5-13)22(26)27/h2-9,11,17-19,23H,10H2,1H3/b20-16+/t11-,17+,18+/m1/s1. The van der Waals surface area contributed by atoms with E-state index < -0.39 is 9.85 Å². The Hall–Kier alpha value is -3.33. The van der Waals surface area contributed by atoms with Crippen LogP contribution >= 0.6 is 0 Å². The van der Waals surface area contributed by atoms with Crippen molar-refractivity contribution >= 4 is 17.1 Å². The molecule has 9 heteroatoms. The van der Waals surface area contributed by atoms with Gasteiger partial charge < -0.3 is 10.5 Å². The molecule has 0 unspecified atom stereocenters. The van der Waals surface area contributed by atoms with E-state index in [1.165, 1.54) is 24.3 Å². The average Bonchev–Trinajstić information content (AvgIpc) is 2.68. The second kappa shape index (κ2) is 7.50. The molecule has 2 N–H and O–H groups in total. The van der Waals surface area contributed by atoms with Crippen LogP contribution in [0.3, 0.4) is 0 Å². The van der Waals surface area contributed by atoms with Gasteiger partial charge in [0.1, 0.15) is 0 Å². The Kier molecular flexibility index (Phi) is 5.13. The van der Waals surface area contributed by atoms with E-state index in [0.717, 1.165) is 11.1 Å². The van der Waals surface area contributed by atoms with Crippen LogP contribution in [0.5, 0.6) is 0 Å². The minimum Gasteiger partial charge on any atom is -0.411 e. The highest BCUT2D eigenvalue weighted by atomic mass is 16.6. The van der Waals surface area contributed by atoms with Gasteiger partial charge in [-0.3, -0.25) is 20.2 Å². The summed E-state index contributed by atoms with van der Waals surface area (Å²) >= 11 is 0. The molecule has 2 aromatic rings. The molecule has 1 aliphatic heterocycles. The molecule has 0 saturated carbocycles. The molecule has 9 nitrogen and oxygen atoms in total. The fourth-order valence-electron chi connectivity index (χ4n) is 3.37. The van der Waals surface area contributed by atoms with Gasteiger partial charge in [0.2, 0.25) is 0 Å². The van der Waals surface area contributed by atoms with Gasteiger partial charge in [-0.15, -0.1) is 0 Å². The number of hydrogen-bond donors (Lipinski definition) is 2. The molecule has 1 aliphatic rings. The van der Waals surface area contributed by atoms with Crippen molar-refractivity contribution in [3.05, 3.63) is 79.9 Å². The number of rotatable bonds is 4. The average molecular weight is 370 g/mol. The molecule has 1 saturated heterocycles. The van der Waals surface area contributed by atoms with E-state index in [2.05, 4.69) is 10.5 Å². The number of nitro groups is 2. The third kappa shape index (κ3) is 3.77. The van der Waals surface area contributed by atoms with E-state index in [-0.39, 0.29) is 29.4 Å². The summed E-state index contributed by atoms with van der Waals surface area (Å²) in [4.78, 5) is 20.8. The van der Waals surface area contributed by atoms with Gasteiger partial charge in [-0.1, -0.05) is 36.3 Å². The molecule has 0 radical (unpaired) electrons. The zero-order chi connectivity index (χ0) is 19.6. The summed E-state index contributed by atoms with van der Waals surface area (Å²) < 4.78 is 0.